The van der Waals surface area contributed by atoms with Crippen LogP contribution < -0.4 is 4.74 Å². The summed E-state index contributed by atoms with van der Waals surface area (Å²) in [4.78, 5) is 6.65. The zero-order valence-corrected chi connectivity index (χ0v) is 13.2. The second-order valence-electron chi connectivity index (χ2n) is 6.20. The van der Waals surface area contributed by atoms with Crippen LogP contribution in [0.15, 0.2) is 42.5 Å². The van der Waals surface area contributed by atoms with Gasteiger partial charge in [-0.3, -0.25) is 9.88 Å². The number of hydrogen-bond acceptors (Lipinski definition) is 4. The Morgan fingerprint density at radius 1 is 1.30 bits per heavy atom. The van der Waals surface area contributed by atoms with E-state index < -0.39 is 5.60 Å². The van der Waals surface area contributed by atoms with Crippen molar-refractivity contribution >= 4 is 0 Å². The van der Waals surface area contributed by atoms with E-state index in [2.05, 4.69) is 9.88 Å². The Bertz CT molecular complexity index is 680. The van der Waals surface area contributed by atoms with Crippen molar-refractivity contribution in [1.29, 1.82) is 0 Å². The molecule has 4 nitrogen and oxygen atoms in total. The third-order valence-electron chi connectivity index (χ3n) is 4.05. The van der Waals surface area contributed by atoms with Crippen molar-refractivity contribution in [3.05, 3.63) is 59.7 Å². The first kappa shape index (κ1) is 15.9. The molecule has 0 spiro atoms. The number of benzene rings is 1. The number of rotatable bonds is 5. The fourth-order valence-corrected chi connectivity index (χ4v) is 2.88. The third kappa shape index (κ3) is 4.27. The highest BCUT2D eigenvalue weighted by Crippen LogP contribution is 2.24. The summed E-state index contributed by atoms with van der Waals surface area (Å²) in [5.41, 5.74) is 1.09. The summed E-state index contributed by atoms with van der Waals surface area (Å²) >= 11 is 0. The van der Waals surface area contributed by atoms with Crippen molar-refractivity contribution in [3.8, 4) is 5.75 Å². The molecule has 1 atom stereocenters. The Morgan fingerprint density at radius 3 is 2.91 bits per heavy atom. The highest BCUT2D eigenvalue weighted by Gasteiger charge is 2.37. The van der Waals surface area contributed by atoms with Crippen LogP contribution in [0.25, 0.3) is 0 Å². The Morgan fingerprint density at radius 2 is 2.13 bits per heavy atom. The van der Waals surface area contributed by atoms with Gasteiger partial charge in [-0.15, -0.1) is 0 Å². The Balaban J connectivity index is 1.55. The van der Waals surface area contributed by atoms with Crippen molar-refractivity contribution in [3.63, 3.8) is 0 Å². The lowest BCUT2D eigenvalue weighted by Crippen LogP contribution is -2.39. The number of aliphatic hydroxyl groups is 1. The van der Waals surface area contributed by atoms with Crippen LogP contribution in [0, 0.1) is 12.7 Å². The molecule has 5 heteroatoms. The normalized spacial score (nSPS) is 21.5. The first-order chi connectivity index (χ1) is 11.0. The van der Waals surface area contributed by atoms with Gasteiger partial charge in [-0.25, -0.2) is 4.39 Å². The first-order valence-corrected chi connectivity index (χ1v) is 7.78. The van der Waals surface area contributed by atoms with Crippen molar-refractivity contribution < 1.29 is 14.2 Å². The van der Waals surface area contributed by atoms with Crippen LogP contribution in [-0.2, 0) is 6.54 Å². The van der Waals surface area contributed by atoms with E-state index in [1.54, 1.807) is 12.1 Å². The molecule has 1 aromatic heterocycles. The maximum atomic E-state index is 13.1. The summed E-state index contributed by atoms with van der Waals surface area (Å²) < 4.78 is 18.7. The van der Waals surface area contributed by atoms with Crippen molar-refractivity contribution in [1.82, 2.24) is 9.88 Å². The van der Waals surface area contributed by atoms with Crippen LogP contribution in [0.3, 0.4) is 0 Å². The molecule has 1 aromatic carbocycles. The number of pyridine rings is 1. The largest absolute Gasteiger partial charge is 0.490 e. The first-order valence-electron chi connectivity index (χ1n) is 7.78. The molecule has 2 aromatic rings. The van der Waals surface area contributed by atoms with Crippen LogP contribution in [0.2, 0.25) is 0 Å². The predicted molar refractivity (Wildman–Crippen MR) is 85.7 cm³/mol. The van der Waals surface area contributed by atoms with Crippen LogP contribution in [0.5, 0.6) is 5.75 Å². The molecule has 1 aliphatic heterocycles. The van der Waals surface area contributed by atoms with Gasteiger partial charge in [0.2, 0.25) is 0 Å². The van der Waals surface area contributed by atoms with Gasteiger partial charge in [0, 0.05) is 31.4 Å². The van der Waals surface area contributed by atoms with Crippen LogP contribution >= 0.6 is 0 Å². The molecule has 0 aliphatic carbocycles. The van der Waals surface area contributed by atoms with E-state index in [4.69, 9.17) is 4.74 Å². The van der Waals surface area contributed by atoms with E-state index in [1.165, 1.54) is 12.1 Å². The van der Waals surface area contributed by atoms with Crippen molar-refractivity contribution in [2.24, 2.45) is 0 Å². The van der Waals surface area contributed by atoms with E-state index in [0.29, 0.717) is 25.3 Å². The molecule has 0 amide bonds. The molecular formula is C18H21FN2O2. The van der Waals surface area contributed by atoms with Gasteiger partial charge in [0.05, 0.1) is 5.69 Å². The van der Waals surface area contributed by atoms with E-state index in [9.17, 15) is 9.50 Å². The van der Waals surface area contributed by atoms with Gasteiger partial charge in [-0.1, -0.05) is 12.1 Å². The number of likely N-dealkylation sites (tertiary alicyclic amines) is 1. The molecule has 1 fully saturated rings. The molecule has 1 N–H and O–H groups in total. The molecule has 3 rings (SSSR count). The molecule has 0 saturated carbocycles. The second kappa shape index (κ2) is 6.64. The molecule has 1 aliphatic rings. The van der Waals surface area contributed by atoms with Gasteiger partial charge in [0.1, 0.15) is 23.8 Å². The average Bonchev–Trinajstić information content (AvgIpc) is 2.87. The van der Waals surface area contributed by atoms with Crippen molar-refractivity contribution in [2.45, 2.75) is 25.5 Å². The Hall–Kier alpha value is -1.98. The van der Waals surface area contributed by atoms with Gasteiger partial charge < -0.3 is 9.84 Å². The van der Waals surface area contributed by atoms with Gasteiger partial charge in [0.15, 0.2) is 0 Å². The highest BCUT2D eigenvalue weighted by molar-refractivity contribution is 5.22. The van der Waals surface area contributed by atoms with Crippen LogP contribution in [0.1, 0.15) is 17.8 Å². The summed E-state index contributed by atoms with van der Waals surface area (Å²) in [5.74, 6) is 0.102. The SMILES string of the molecule is Cc1cccc(CN2CC[C@](O)(COc3cccc(F)c3)C2)n1. The standard InChI is InChI=1S/C18H21FN2O2/c1-14-4-2-6-16(20-14)11-21-9-8-18(22,12-21)13-23-17-7-3-5-15(19)10-17/h2-7,10,22H,8-9,11-13H2,1H3/t18-/m1/s1. The maximum absolute atomic E-state index is 13.1. The molecule has 0 bridgehead atoms. The zero-order valence-electron chi connectivity index (χ0n) is 13.2. The number of aromatic nitrogens is 1. The quantitative estimate of drug-likeness (QED) is 0.921. The summed E-state index contributed by atoms with van der Waals surface area (Å²) in [6, 6.07) is 11.9. The Kier molecular flexibility index (Phi) is 4.59. The highest BCUT2D eigenvalue weighted by atomic mass is 19.1. The lowest BCUT2D eigenvalue weighted by molar-refractivity contribution is 0.00321. The minimum atomic E-state index is -0.907. The van der Waals surface area contributed by atoms with Gasteiger partial charge in [0.25, 0.3) is 0 Å². The second-order valence-corrected chi connectivity index (χ2v) is 6.20. The van der Waals surface area contributed by atoms with Crippen LogP contribution in [-0.4, -0.2) is 40.3 Å². The molecule has 1 saturated heterocycles. The van der Waals surface area contributed by atoms with Crippen LogP contribution in [0.4, 0.5) is 4.39 Å². The fraction of sp³-hybridized carbons (Fsp3) is 0.389. The fourth-order valence-electron chi connectivity index (χ4n) is 2.88. The third-order valence-corrected chi connectivity index (χ3v) is 4.05. The lowest BCUT2D eigenvalue weighted by atomic mass is 10.1. The van der Waals surface area contributed by atoms with E-state index in [-0.39, 0.29) is 12.4 Å². The van der Waals surface area contributed by atoms with Gasteiger partial charge in [-0.2, -0.15) is 0 Å². The molecule has 122 valence electrons. The topological polar surface area (TPSA) is 45.6 Å². The van der Waals surface area contributed by atoms with E-state index in [0.717, 1.165) is 17.9 Å². The molecule has 23 heavy (non-hydrogen) atoms. The number of β-amino-alcohol motifs (C(OH)–C–C–N with tert-alkyl or cyclic N) is 1. The Labute approximate surface area is 135 Å². The zero-order chi connectivity index (χ0) is 16.3. The monoisotopic (exact) mass is 316 g/mol. The number of ether oxygens (including phenoxy) is 1. The predicted octanol–water partition coefficient (Wildman–Crippen LogP) is 2.54. The smallest absolute Gasteiger partial charge is 0.126 e. The number of hydrogen-bond donors (Lipinski definition) is 1. The van der Waals surface area contributed by atoms with Gasteiger partial charge >= 0.3 is 0 Å². The number of aryl methyl sites for hydroxylation is 1. The minimum absolute atomic E-state index is 0.161. The lowest BCUT2D eigenvalue weighted by Gasteiger charge is -2.23. The molecular weight excluding hydrogens is 295 g/mol. The van der Waals surface area contributed by atoms with Gasteiger partial charge in [-0.05, 0) is 37.6 Å². The number of halogens is 1. The summed E-state index contributed by atoms with van der Waals surface area (Å²) in [6.45, 7) is 4.16. The van der Waals surface area contributed by atoms with E-state index in [1.807, 2.05) is 25.1 Å². The summed E-state index contributed by atoms with van der Waals surface area (Å²) in [6.07, 6.45) is 0.633. The molecule has 0 unspecified atom stereocenters. The molecule has 2 heterocycles. The summed E-state index contributed by atoms with van der Waals surface area (Å²) in [5, 5.41) is 10.6. The van der Waals surface area contributed by atoms with Crippen molar-refractivity contribution in [2.75, 3.05) is 19.7 Å². The number of nitrogens with zero attached hydrogens (tertiary/aromatic N) is 2. The summed E-state index contributed by atoms with van der Waals surface area (Å²) in [7, 11) is 0. The minimum Gasteiger partial charge on any atom is -0.490 e. The maximum Gasteiger partial charge on any atom is 0.126 e. The molecule has 0 radical (unpaired) electrons. The average molecular weight is 316 g/mol. The van der Waals surface area contributed by atoms with E-state index >= 15 is 0 Å².